The fraction of sp³-hybridized carbons (Fsp3) is 0.600. The van der Waals surface area contributed by atoms with E-state index in [1.54, 1.807) is 0 Å². The molecule has 116 valence electrons. The lowest BCUT2D eigenvalue weighted by atomic mass is 9.71. The van der Waals surface area contributed by atoms with Crippen molar-refractivity contribution in [2.24, 2.45) is 11.3 Å². The third-order valence-corrected chi connectivity index (χ3v) is 6.49. The zero-order chi connectivity index (χ0) is 15.6. The van der Waals surface area contributed by atoms with Crippen LogP contribution < -0.4 is 5.32 Å². The van der Waals surface area contributed by atoms with E-state index >= 15 is 0 Å². The van der Waals surface area contributed by atoms with Crippen molar-refractivity contribution in [3.05, 3.63) is 20.3 Å². The quantitative estimate of drug-likeness (QED) is 0.842. The van der Waals surface area contributed by atoms with E-state index in [1.165, 1.54) is 11.3 Å². The summed E-state index contributed by atoms with van der Waals surface area (Å²) in [6, 6.07) is 1.82. The molecule has 1 aromatic heterocycles. The Labute approximate surface area is 137 Å². The predicted octanol–water partition coefficient (Wildman–Crippen LogP) is 3.83. The third kappa shape index (κ3) is 3.66. The molecule has 0 saturated heterocycles. The van der Waals surface area contributed by atoms with E-state index in [-0.39, 0.29) is 12.5 Å². The minimum atomic E-state index is -0.800. The topological polar surface area (TPSA) is 66.4 Å². The first-order valence-electron chi connectivity index (χ1n) is 7.11. The highest BCUT2D eigenvalue weighted by Crippen LogP contribution is 2.38. The number of carbonyl (C=O) groups excluding carboxylic acids is 1. The summed E-state index contributed by atoms with van der Waals surface area (Å²) in [4.78, 5) is 24.4. The molecule has 1 saturated carbocycles. The van der Waals surface area contributed by atoms with E-state index < -0.39 is 11.4 Å². The van der Waals surface area contributed by atoms with E-state index in [2.05, 4.69) is 28.2 Å². The number of carbonyl (C=O) groups is 2. The van der Waals surface area contributed by atoms with Crippen LogP contribution in [0.4, 0.5) is 0 Å². The van der Waals surface area contributed by atoms with E-state index in [0.717, 1.165) is 22.2 Å². The minimum absolute atomic E-state index is 0.187. The summed E-state index contributed by atoms with van der Waals surface area (Å²) in [5, 5.41) is 12.4. The Hall–Kier alpha value is -0.880. The third-order valence-electron chi connectivity index (χ3n) is 4.35. The number of thiophene rings is 1. The fourth-order valence-electron chi connectivity index (χ4n) is 2.69. The number of hydrogen-bond donors (Lipinski definition) is 2. The van der Waals surface area contributed by atoms with Gasteiger partial charge in [-0.1, -0.05) is 6.92 Å². The Morgan fingerprint density at radius 1 is 1.48 bits per heavy atom. The van der Waals surface area contributed by atoms with E-state index in [9.17, 15) is 14.7 Å². The summed E-state index contributed by atoms with van der Waals surface area (Å²) < 4.78 is 0.937. The Morgan fingerprint density at radius 3 is 2.57 bits per heavy atom. The normalized spacial score (nSPS) is 25.6. The van der Waals surface area contributed by atoms with E-state index in [0.29, 0.717) is 23.6 Å². The molecule has 0 unspecified atom stereocenters. The summed E-state index contributed by atoms with van der Waals surface area (Å²) >= 11 is 4.77. The summed E-state index contributed by atoms with van der Waals surface area (Å²) in [5.41, 5.74) is 0.218. The monoisotopic (exact) mass is 373 g/mol. The number of carboxylic acids is 1. The molecule has 1 heterocycles. The number of aliphatic carboxylic acids is 1. The highest BCUT2D eigenvalue weighted by molar-refractivity contribution is 9.11. The Balaban J connectivity index is 2.02. The second-order valence-electron chi connectivity index (χ2n) is 6.02. The average molecular weight is 374 g/mol. The number of halogens is 1. The van der Waals surface area contributed by atoms with Gasteiger partial charge in [-0.3, -0.25) is 9.59 Å². The molecule has 0 aromatic carbocycles. The van der Waals surface area contributed by atoms with Gasteiger partial charge in [0.2, 0.25) is 0 Å². The molecule has 1 aliphatic carbocycles. The lowest BCUT2D eigenvalue weighted by Crippen LogP contribution is -2.45. The van der Waals surface area contributed by atoms with E-state index in [4.69, 9.17) is 0 Å². The van der Waals surface area contributed by atoms with Crippen LogP contribution in [0.15, 0.2) is 9.85 Å². The molecule has 1 fully saturated rings. The lowest BCUT2D eigenvalue weighted by Gasteiger charge is -2.35. The largest absolute Gasteiger partial charge is 0.481 e. The average Bonchev–Trinajstić information content (AvgIpc) is 2.78. The second-order valence-corrected chi connectivity index (χ2v) is 8.39. The fourth-order valence-corrected chi connectivity index (χ4v) is 4.14. The van der Waals surface area contributed by atoms with Crippen molar-refractivity contribution in [2.45, 2.75) is 39.5 Å². The zero-order valence-corrected chi connectivity index (χ0v) is 14.6. The van der Waals surface area contributed by atoms with Crippen LogP contribution in [-0.2, 0) is 4.79 Å². The van der Waals surface area contributed by atoms with Gasteiger partial charge in [0.1, 0.15) is 0 Å². The van der Waals surface area contributed by atoms with Gasteiger partial charge in [-0.15, -0.1) is 11.3 Å². The molecular weight excluding hydrogens is 354 g/mol. The number of carboxylic acid groups (broad SMARTS) is 1. The molecule has 0 bridgehead atoms. The number of rotatable bonds is 4. The van der Waals surface area contributed by atoms with Crippen molar-refractivity contribution in [3.63, 3.8) is 0 Å². The maximum atomic E-state index is 12.2. The van der Waals surface area contributed by atoms with Gasteiger partial charge in [0.25, 0.3) is 5.91 Å². The maximum absolute atomic E-state index is 12.2. The standard InChI is InChI=1S/C15H20BrNO3S/c1-9-3-5-15(6-4-9,14(19)20)8-17-13(18)11-7-10(2)12(16)21-11/h7,9H,3-6,8H2,1-2H3,(H,17,18)(H,19,20). The molecule has 2 N–H and O–H groups in total. The van der Waals surface area contributed by atoms with Crippen molar-refractivity contribution >= 4 is 39.1 Å². The zero-order valence-electron chi connectivity index (χ0n) is 12.2. The van der Waals surface area contributed by atoms with Crippen molar-refractivity contribution in [1.29, 1.82) is 0 Å². The molecule has 0 spiro atoms. The van der Waals surface area contributed by atoms with Gasteiger partial charge in [-0.05, 0) is 66.1 Å². The second kappa shape index (κ2) is 6.48. The van der Waals surface area contributed by atoms with Gasteiger partial charge < -0.3 is 10.4 Å². The van der Waals surface area contributed by atoms with Crippen molar-refractivity contribution in [3.8, 4) is 0 Å². The smallest absolute Gasteiger partial charge is 0.311 e. The summed E-state index contributed by atoms with van der Waals surface area (Å²) in [6.07, 6.45) is 3.09. The van der Waals surface area contributed by atoms with Crippen molar-refractivity contribution in [2.75, 3.05) is 6.54 Å². The molecular formula is C15H20BrNO3S. The first kappa shape index (κ1) is 16.5. The van der Waals surface area contributed by atoms with Crippen LogP contribution in [0.2, 0.25) is 0 Å². The van der Waals surface area contributed by atoms with Crippen LogP contribution in [0.1, 0.15) is 47.8 Å². The van der Waals surface area contributed by atoms with Crippen LogP contribution in [0.25, 0.3) is 0 Å². The lowest BCUT2D eigenvalue weighted by molar-refractivity contribution is -0.151. The molecule has 1 aromatic rings. The molecule has 0 atom stereocenters. The van der Waals surface area contributed by atoms with Crippen LogP contribution in [0.3, 0.4) is 0 Å². The molecule has 2 rings (SSSR count). The molecule has 1 aliphatic rings. The minimum Gasteiger partial charge on any atom is -0.481 e. The Morgan fingerprint density at radius 2 is 2.10 bits per heavy atom. The molecule has 4 nitrogen and oxygen atoms in total. The van der Waals surface area contributed by atoms with Crippen molar-refractivity contribution < 1.29 is 14.7 Å². The predicted molar refractivity (Wildman–Crippen MR) is 86.8 cm³/mol. The number of nitrogens with one attached hydrogen (secondary N) is 1. The molecule has 6 heteroatoms. The summed E-state index contributed by atoms with van der Waals surface area (Å²) in [7, 11) is 0. The summed E-state index contributed by atoms with van der Waals surface area (Å²) in [5.74, 6) is -0.407. The van der Waals surface area contributed by atoms with Gasteiger partial charge >= 0.3 is 5.97 Å². The SMILES string of the molecule is Cc1cc(C(=O)NCC2(C(=O)O)CCC(C)CC2)sc1Br. The molecule has 21 heavy (non-hydrogen) atoms. The van der Waals surface area contributed by atoms with Gasteiger partial charge in [0, 0.05) is 6.54 Å². The highest BCUT2D eigenvalue weighted by atomic mass is 79.9. The van der Waals surface area contributed by atoms with Crippen LogP contribution in [0, 0.1) is 18.3 Å². The van der Waals surface area contributed by atoms with Gasteiger partial charge in [0.15, 0.2) is 0 Å². The van der Waals surface area contributed by atoms with Gasteiger partial charge in [-0.2, -0.15) is 0 Å². The Bertz CT molecular complexity index is 528. The van der Waals surface area contributed by atoms with Crippen LogP contribution in [-0.4, -0.2) is 23.5 Å². The van der Waals surface area contributed by atoms with Gasteiger partial charge in [0.05, 0.1) is 14.1 Å². The van der Waals surface area contributed by atoms with Crippen molar-refractivity contribution in [1.82, 2.24) is 5.32 Å². The molecule has 0 aliphatic heterocycles. The number of hydrogen-bond acceptors (Lipinski definition) is 3. The maximum Gasteiger partial charge on any atom is 0.311 e. The summed E-state index contributed by atoms with van der Waals surface area (Å²) in [6.45, 7) is 4.29. The Kier molecular flexibility index (Phi) is 5.09. The van der Waals surface area contributed by atoms with Gasteiger partial charge in [-0.25, -0.2) is 0 Å². The number of aryl methyl sites for hydroxylation is 1. The molecule has 1 amide bonds. The number of amides is 1. The van der Waals surface area contributed by atoms with Crippen LogP contribution >= 0.6 is 27.3 Å². The first-order chi connectivity index (χ1) is 9.84. The molecule has 0 radical (unpaired) electrons. The van der Waals surface area contributed by atoms with E-state index in [1.807, 2.05) is 13.0 Å². The first-order valence-corrected chi connectivity index (χ1v) is 8.72. The highest BCUT2D eigenvalue weighted by Gasteiger charge is 2.41. The van der Waals surface area contributed by atoms with Crippen LogP contribution in [0.5, 0.6) is 0 Å².